The summed E-state index contributed by atoms with van der Waals surface area (Å²) < 4.78 is 0. The zero-order valence-electron chi connectivity index (χ0n) is 18.8. The number of halogens is 2. The molecule has 34 heavy (non-hydrogen) atoms. The second-order valence-corrected chi connectivity index (χ2v) is 10.8. The molecule has 0 aromatic heterocycles. The first kappa shape index (κ1) is 20.6. The lowest BCUT2D eigenvalue weighted by molar-refractivity contribution is 0.327. The normalized spacial score (nSPS) is 23.8. The largest absolute Gasteiger partial charge is 0.308 e. The van der Waals surface area contributed by atoms with Crippen molar-refractivity contribution in [1.29, 1.82) is 0 Å². The van der Waals surface area contributed by atoms with Crippen LogP contribution in [0.15, 0.2) is 91.0 Å². The Morgan fingerprint density at radius 3 is 2.24 bits per heavy atom. The van der Waals surface area contributed by atoms with Crippen molar-refractivity contribution in [2.45, 2.75) is 31.1 Å². The molecule has 0 radical (unpaired) electrons. The van der Waals surface area contributed by atoms with Gasteiger partial charge in [-0.1, -0.05) is 90.3 Å². The first-order valence-corrected chi connectivity index (χ1v) is 13.0. The molecule has 4 aromatic carbocycles. The van der Waals surface area contributed by atoms with Crippen molar-refractivity contribution >= 4 is 40.3 Å². The van der Waals surface area contributed by atoms with Gasteiger partial charge in [0, 0.05) is 16.7 Å². The predicted octanol–water partition coefficient (Wildman–Crippen LogP) is 9.55. The van der Waals surface area contributed by atoms with Gasteiger partial charge >= 0.3 is 0 Å². The Balaban J connectivity index is 1.53. The molecular weight excluding hydrogens is 457 g/mol. The molecule has 0 unspecified atom stereocenters. The summed E-state index contributed by atoms with van der Waals surface area (Å²) in [4.78, 5) is 2.29. The number of benzene rings is 4. The Morgan fingerprint density at radius 1 is 0.706 bits per heavy atom. The lowest BCUT2D eigenvalue weighted by atomic mass is 9.67. The number of hydrogen-bond donors (Lipinski definition) is 0. The van der Waals surface area contributed by atoms with E-state index in [0.29, 0.717) is 10.0 Å². The monoisotopic (exact) mass is 481 g/mol. The van der Waals surface area contributed by atoms with Crippen molar-refractivity contribution in [1.82, 2.24) is 0 Å². The first-order valence-electron chi connectivity index (χ1n) is 12.2. The molecule has 0 amide bonds. The molecule has 7 rings (SSSR count). The molecule has 2 bridgehead atoms. The lowest BCUT2D eigenvalue weighted by Gasteiger charge is -2.37. The highest BCUT2D eigenvalue weighted by Crippen LogP contribution is 2.67. The molecule has 3 atom stereocenters. The first-order chi connectivity index (χ1) is 16.7. The van der Waals surface area contributed by atoms with Crippen LogP contribution in [0, 0.1) is 11.8 Å². The lowest BCUT2D eigenvalue weighted by Crippen LogP contribution is -2.31. The summed E-state index contributed by atoms with van der Waals surface area (Å²) in [5.74, 6) is 1.58. The van der Waals surface area contributed by atoms with Crippen LogP contribution in [-0.4, -0.2) is 0 Å². The smallest absolute Gasteiger partial charge is 0.0832 e. The number of rotatable bonds is 3. The molecular formula is C31H25Cl2N. The van der Waals surface area contributed by atoms with Crippen LogP contribution in [0.2, 0.25) is 10.0 Å². The van der Waals surface area contributed by atoms with Crippen LogP contribution in [0.1, 0.15) is 36.8 Å². The van der Waals surface area contributed by atoms with Crippen molar-refractivity contribution in [3.8, 4) is 11.1 Å². The van der Waals surface area contributed by atoms with E-state index in [1.165, 1.54) is 53.6 Å². The Bertz CT molecular complexity index is 1410. The SMILES string of the molecule is Clc1cccc(N(c2ccccc2)c2cccc3c2-c2ccccc2[C@]32C[C@H]3CC[C@@H]2C3)c1Cl. The van der Waals surface area contributed by atoms with Crippen LogP contribution < -0.4 is 4.90 Å². The number of hydrogen-bond acceptors (Lipinski definition) is 1. The highest BCUT2D eigenvalue weighted by molar-refractivity contribution is 6.44. The second kappa shape index (κ2) is 7.63. The standard InChI is InChI=1S/C31H25Cl2N/c32-26-13-7-15-28(30(26)33)34(22-8-2-1-3-9-22)27-14-6-12-25-29(27)23-10-4-5-11-24(23)31(25)19-20-16-17-21(31)18-20/h1-15,20-21H,16-19H2/t20-,21+,31+/m0/s1. The summed E-state index contributed by atoms with van der Waals surface area (Å²) >= 11 is 13.4. The molecule has 3 heteroatoms. The maximum absolute atomic E-state index is 6.84. The Kier molecular flexibility index (Phi) is 4.63. The van der Waals surface area contributed by atoms with Gasteiger partial charge in [0.1, 0.15) is 0 Å². The molecule has 0 N–H and O–H groups in total. The molecule has 4 aromatic rings. The molecule has 0 saturated heterocycles. The maximum atomic E-state index is 6.84. The van der Waals surface area contributed by atoms with E-state index in [1.54, 1.807) is 0 Å². The van der Waals surface area contributed by atoms with Crippen LogP contribution >= 0.6 is 23.2 Å². The molecule has 2 fully saturated rings. The van der Waals surface area contributed by atoms with E-state index in [9.17, 15) is 0 Å². The minimum atomic E-state index is 0.144. The second-order valence-electron chi connectivity index (χ2n) is 10.0. The number of para-hydroxylation sites is 1. The van der Waals surface area contributed by atoms with Gasteiger partial charge in [-0.15, -0.1) is 0 Å². The Hall–Kier alpha value is -2.74. The van der Waals surface area contributed by atoms with Crippen LogP contribution in [0.4, 0.5) is 17.1 Å². The molecule has 1 nitrogen and oxygen atoms in total. The van der Waals surface area contributed by atoms with E-state index in [2.05, 4.69) is 83.8 Å². The summed E-state index contributed by atoms with van der Waals surface area (Å²) in [6, 6.07) is 32.4. The average molecular weight is 482 g/mol. The van der Waals surface area contributed by atoms with Gasteiger partial charge in [-0.05, 0) is 78.1 Å². The quantitative estimate of drug-likeness (QED) is 0.281. The van der Waals surface area contributed by atoms with Crippen molar-refractivity contribution < 1.29 is 0 Å². The van der Waals surface area contributed by atoms with Gasteiger partial charge in [-0.3, -0.25) is 0 Å². The summed E-state index contributed by atoms with van der Waals surface area (Å²) in [5.41, 5.74) is 9.04. The summed E-state index contributed by atoms with van der Waals surface area (Å²) in [6.45, 7) is 0. The average Bonchev–Trinajstić information content (AvgIpc) is 3.56. The third-order valence-electron chi connectivity index (χ3n) is 8.48. The predicted molar refractivity (Wildman–Crippen MR) is 143 cm³/mol. The van der Waals surface area contributed by atoms with Gasteiger partial charge in [-0.25, -0.2) is 0 Å². The third kappa shape index (κ3) is 2.75. The van der Waals surface area contributed by atoms with E-state index in [4.69, 9.17) is 23.2 Å². The fourth-order valence-electron chi connectivity index (χ4n) is 7.26. The van der Waals surface area contributed by atoms with Crippen LogP contribution in [0.5, 0.6) is 0 Å². The molecule has 168 valence electrons. The van der Waals surface area contributed by atoms with Crippen LogP contribution in [-0.2, 0) is 5.41 Å². The van der Waals surface area contributed by atoms with Crippen molar-refractivity contribution in [2.24, 2.45) is 11.8 Å². The van der Waals surface area contributed by atoms with E-state index >= 15 is 0 Å². The highest BCUT2D eigenvalue weighted by atomic mass is 35.5. The highest BCUT2D eigenvalue weighted by Gasteiger charge is 2.57. The summed E-state index contributed by atoms with van der Waals surface area (Å²) in [6.07, 6.45) is 5.36. The van der Waals surface area contributed by atoms with Crippen LogP contribution in [0.25, 0.3) is 11.1 Å². The summed E-state index contributed by atoms with van der Waals surface area (Å²) in [5, 5.41) is 1.14. The number of fused-ring (bicyclic) bond motifs is 8. The van der Waals surface area contributed by atoms with Crippen molar-refractivity contribution in [2.75, 3.05) is 4.90 Å². The Labute approximate surface area is 211 Å². The van der Waals surface area contributed by atoms with Crippen LogP contribution in [0.3, 0.4) is 0 Å². The topological polar surface area (TPSA) is 3.24 Å². The summed E-state index contributed by atoms with van der Waals surface area (Å²) in [7, 11) is 0. The zero-order valence-corrected chi connectivity index (χ0v) is 20.4. The van der Waals surface area contributed by atoms with E-state index < -0.39 is 0 Å². The molecule has 3 aliphatic rings. The van der Waals surface area contributed by atoms with Gasteiger partial charge in [0.2, 0.25) is 0 Å². The minimum absolute atomic E-state index is 0.144. The van der Waals surface area contributed by atoms with Gasteiger partial charge in [0.05, 0.1) is 21.4 Å². The van der Waals surface area contributed by atoms with E-state index in [-0.39, 0.29) is 5.41 Å². The molecule has 0 aliphatic heterocycles. The fraction of sp³-hybridized carbons (Fsp3) is 0.226. The van der Waals surface area contributed by atoms with E-state index in [0.717, 1.165) is 23.2 Å². The third-order valence-corrected chi connectivity index (χ3v) is 9.29. The van der Waals surface area contributed by atoms with Gasteiger partial charge < -0.3 is 4.90 Å². The molecule has 1 spiro atoms. The zero-order chi connectivity index (χ0) is 22.9. The van der Waals surface area contributed by atoms with Gasteiger partial charge in [0.15, 0.2) is 0 Å². The minimum Gasteiger partial charge on any atom is -0.308 e. The maximum Gasteiger partial charge on any atom is 0.0832 e. The van der Waals surface area contributed by atoms with Gasteiger partial charge in [-0.2, -0.15) is 0 Å². The van der Waals surface area contributed by atoms with Crippen molar-refractivity contribution in [3.05, 3.63) is 112 Å². The number of nitrogens with zero attached hydrogens (tertiary/aromatic N) is 1. The number of anilines is 3. The fourth-order valence-corrected chi connectivity index (χ4v) is 7.64. The van der Waals surface area contributed by atoms with E-state index in [1.807, 2.05) is 12.1 Å². The van der Waals surface area contributed by atoms with Gasteiger partial charge in [0.25, 0.3) is 0 Å². The Morgan fingerprint density at radius 2 is 1.44 bits per heavy atom. The molecule has 3 aliphatic carbocycles. The molecule has 0 heterocycles. The molecule has 2 saturated carbocycles. The van der Waals surface area contributed by atoms with Crippen molar-refractivity contribution in [3.63, 3.8) is 0 Å².